The van der Waals surface area contributed by atoms with Crippen LogP contribution in [0.2, 0.25) is 0 Å². The zero-order valence-electron chi connectivity index (χ0n) is 19.2. The van der Waals surface area contributed by atoms with Gasteiger partial charge in [0.1, 0.15) is 12.2 Å². The largest absolute Gasteiger partial charge is 0.481 e. The molecule has 1 saturated heterocycles. The number of carbonyl (C=O) groups excluding carboxylic acids is 1. The Labute approximate surface area is 210 Å². The Hall–Kier alpha value is -5.15. The highest BCUT2D eigenvalue weighted by atomic mass is 16.6. The number of ether oxygens (including phenoxy) is 2. The average Bonchev–Trinajstić information content (AvgIpc) is 3.43. The lowest BCUT2D eigenvalue weighted by Crippen LogP contribution is -2.16. The first-order valence-corrected chi connectivity index (χ1v) is 11.2. The third kappa shape index (κ3) is 5.12. The topological polar surface area (TPSA) is 165 Å². The molecule has 4 aromatic rings. The lowest BCUT2D eigenvalue weighted by Gasteiger charge is -2.15. The number of aromatic nitrogens is 3. The molecule has 2 aromatic heterocycles. The Kier molecular flexibility index (Phi) is 6.52. The number of pyridine rings is 1. The van der Waals surface area contributed by atoms with Gasteiger partial charge in [0.05, 0.1) is 53.0 Å². The number of fused-ring (bicyclic) bond motifs is 1. The fraction of sp³-hybridized carbons (Fsp3) is 0.160. The maximum Gasteiger partial charge on any atom is 0.311 e. The van der Waals surface area contributed by atoms with Gasteiger partial charge < -0.3 is 14.8 Å². The van der Waals surface area contributed by atoms with Gasteiger partial charge in [-0.25, -0.2) is 9.97 Å². The van der Waals surface area contributed by atoms with E-state index >= 15 is 0 Å². The number of amides is 1. The number of nitrogens with zero attached hydrogens (tertiary/aromatic N) is 5. The van der Waals surface area contributed by atoms with Gasteiger partial charge in [0.2, 0.25) is 5.95 Å². The summed E-state index contributed by atoms with van der Waals surface area (Å²) in [6, 6.07) is 13.5. The average molecular weight is 497 g/mol. The Morgan fingerprint density at radius 2 is 1.95 bits per heavy atom. The maximum atomic E-state index is 12.3. The van der Waals surface area contributed by atoms with Crippen molar-refractivity contribution in [2.45, 2.75) is 12.5 Å². The molecular weight excluding hydrogens is 478 g/mol. The summed E-state index contributed by atoms with van der Waals surface area (Å²) < 4.78 is 11.1. The zero-order valence-corrected chi connectivity index (χ0v) is 19.2. The van der Waals surface area contributed by atoms with Crippen LogP contribution in [0.4, 0.5) is 23.0 Å². The summed E-state index contributed by atoms with van der Waals surface area (Å²) in [7, 11) is 0. The first-order chi connectivity index (χ1) is 18.0. The van der Waals surface area contributed by atoms with Crippen LogP contribution >= 0.6 is 0 Å². The van der Waals surface area contributed by atoms with Crippen molar-refractivity contribution in [2.24, 2.45) is 0 Å². The van der Waals surface area contributed by atoms with E-state index in [1.165, 1.54) is 30.7 Å². The number of rotatable bonds is 7. The molecule has 37 heavy (non-hydrogen) atoms. The van der Waals surface area contributed by atoms with Crippen molar-refractivity contribution in [3.63, 3.8) is 0 Å². The van der Waals surface area contributed by atoms with Gasteiger partial charge in [0.25, 0.3) is 5.91 Å². The lowest BCUT2D eigenvalue weighted by atomic mass is 10.1. The number of hydrogen-bond acceptors (Lipinski definition) is 10. The van der Waals surface area contributed by atoms with Gasteiger partial charge in [0.15, 0.2) is 5.75 Å². The summed E-state index contributed by atoms with van der Waals surface area (Å²) in [5.41, 5.74) is 1.47. The quantitative estimate of drug-likeness (QED) is 0.282. The van der Waals surface area contributed by atoms with Gasteiger partial charge in [-0.3, -0.25) is 25.2 Å². The fourth-order valence-electron chi connectivity index (χ4n) is 3.82. The van der Waals surface area contributed by atoms with Crippen molar-refractivity contribution in [1.82, 2.24) is 15.0 Å². The van der Waals surface area contributed by atoms with E-state index in [0.29, 0.717) is 47.5 Å². The third-order valence-corrected chi connectivity index (χ3v) is 5.63. The van der Waals surface area contributed by atoms with E-state index in [1.807, 2.05) is 6.07 Å². The number of anilines is 3. The predicted molar refractivity (Wildman–Crippen MR) is 133 cm³/mol. The predicted octanol–water partition coefficient (Wildman–Crippen LogP) is 3.97. The van der Waals surface area contributed by atoms with Crippen LogP contribution in [-0.2, 0) is 4.74 Å². The van der Waals surface area contributed by atoms with Crippen LogP contribution in [0.3, 0.4) is 0 Å². The number of benzene rings is 2. The van der Waals surface area contributed by atoms with E-state index in [4.69, 9.17) is 9.47 Å². The second-order valence-electron chi connectivity index (χ2n) is 8.10. The molecule has 1 aliphatic rings. The molecule has 0 saturated carbocycles. The lowest BCUT2D eigenvalue weighted by molar-refractivity contribution is -0.385. The minimum absolute atomic E-state index is 0.0815. The monoisotopic (exact) mass is 497 g/mol. The number of carbonyl (C=O) groups is 1. The van der Waals surface area contributed by atoms with Crippen LogP contribution in [0.15, 0.2) is 61.1 Å². The van der Waals surface area contributed by atoms with Crippen LogP contribution in [0.1, 0.15) is 22.3 Å². The molecule has 12 heteroatoms. The van der Waals surface area contributed by atoms with Gasteiger partial charge in [-0.2, -0.15) is 5.26 Å². The summed E-state index contributed by atoms with van der Waals surface area (Å²) in [5, 5.41) is 27.5. The standard InChI is InChI=1S/C25H19N7O5/c26-10-16-11-27-20-9-22(37-18-6-7-36-14-18)21(32(34)35)8-19(20)23(16)30-17-12-28-25(29-13-17)31-24(33)15-4-2-1-3-5-15/h1-5,8-9,11-13,18H,6-7,14H2,(H,27,30)(H,28,29,31,33). The normalized spacial score (nSPS) is 14.6. The molecule has 3 heterocycles. The maximum absolute atomic E-state index is 12.3. The van der Waals surface area contributed by atoms with Crippen molar-refractivity contribution in [3.8, 4) is 11.8 Å². The summed E-state index contributed by atoms with van der Waals surface area (Å²) in [4.78, 5) is 36.2. The van der Waals surface area contributed by atoms with Gasteiger partial charge in [-0.15, -0.1) is 0 Å². The van der Waals surface area contributed by atoms with Crippen molar-refractivity contribution >= 4 is 39.8 Å². The molecule has 1 aliphatic heterocycles. The summed E-state index contributed by atoms with van der Waals surface area (Å²) in [5.74, 6) is -0.187. The second kappa shape index (κ2) is 10.2. The van der Waals surface area contributed by atoms with E-state index in [1.54, 1.807) is 30.3 Å². The summed E-state index contributed by atoms with van der Waals surface area (Å²) in [6.45, 7) is 0.880. The molecule has 0 aliphatic carbocycles. The van der Waals surface area contributed by atoms with Crippen LogP contribution in [-0.4, -0.2) is 45.1 Å². The molecule has 0 spiro atoms. The SMILES string of the molecule is N#Cc1cnc2cc(OC3CCOC3)c([N+](=O)[O-])cc2c1Nc1cnc(NC(=O)c2ccccc2)nc1. The summed E-state index contributed by atoms with van der Waals surface area (Å²) in [6.07, 6.45) is 4.56. The van der Waals surface area contributed by atoms with E-state index < -0.39 is 4.92 Å². The first-order valence-electron chi connectivity index (χ1n) is 11.2. The highest BCUT2D eigenvalue weighted by Crippen LogP contribution is 2.37. The van der Waals surface area contributed by atoms with Crippen LogP contribution in [0, 0.1) is 21.4 Å². The minimum atomic E-state index is -0.541. The highest BCUT2D eigenvalue weighted by Gasteiger charge is 2.25. The smallest absolute Gasteiger partial charge is 0.311 e. The van der Waals surface area contributed by atoms with E-state index in [2.05, 4.69) is 25.6 Å². The van der Waals surface area contributed by atoms with Crippen molar-refractivity contribution in [2.75, 3.05) is 23.8 Å². The fourth-order valence-corrected chi connectivity index (χ4v) is 3.82. The van der Waals surface area contributed by atoms with Gasteiger partial charge >= 0.3 is 5.69 Å². The van der Waals surface area contributed by atoms with Crippen LogP contribution in [0.5, 0.6) is 5.75 Å². The molecule has 2 aromatic carbocycles. The van der Waals surface area contributed by atoms with Crippen LogP contribution < -0.4 is 15.4 Å². The molecule has 184 valence electrons. The number of nitro groups is 1. The summed E-state index contributed by atoms with van der Waals surface area (Å²) >= 11 is 0. The molecular formula is C25H19N7O5. The van der Waals surface area contributed by atoms with Gasteiger partial charge in [-0.1, -0.05) is 18.2 Å². The molecule has 1 amide bonds. The van der Waals surface area contributed by atoms with E-state index in [0.717, 1.165) is 0 Å². The molecule has 1 fully saturated rings. The third-order valence-electron chi connectivity index (χ3n) is 5.63. The van der Waals surface area contributed by atoms with Gasteiger partial charge in [0, 0.05) is 35.7 Å². The van der Waals surface area contributed by atoms with Crippen molar-refractivity contribution in [1.29, 1.82) is 5.26 Å². The Morgan fingerprint density at radius 3 is 2.62 bits per heavy atom. The number of nitriles is 1. The molecule has 5 rings (SSSR count). The van der Waals surface area contributed by atoms with Crippen molar-refractivity contribution in [3.05, 3.63) is 82.3 Å². The molecule has 1 unspecified atom stereocenters. The molecule has 2 N–H and O–H groups in total. The number of nitrogens with one attached hydrogen (secondary N) is 2. The molecule has 1 atom stereocenters. The Bertz CT molecular complexity index is 1510. The van der Waals surface area contributed by atoms with E-state index in [-0.39, 0.29) is 35.0 Å². The zero-order chi connectivity index (χ0) is 25.8. The Morgan fingerprint density at radius 1 is 1.16 bits per heavy atom. The molecule has 12 nitrogen and oxygen atoms in total. The molecule has 0 radical (unpaired) electrons. The van der Waals surface area contributed by atoms with Gasteiger partial charge in [-0.05, 0) is 12.1 Å². The second-order valence-corrected chi connectivity index (χ2v) is 8.10. The molecule has 0 bridgehead atoms. The van der Waals surface area contributed by atoms with E-state index in [9.17, 15) is 20.2 Å². The Balaban J connectivity index is 1.44. The number of hydrogen-bond donors (Lipinski definition) is 2. The van der Waals surface area contributed by atoms with Crippen LogP contribution in [0.25, 0.3) is 10.9 Å². The van der Waals surface area contributed by atoms with Crippen molar-refractivity contribution < 1.29 is 19.2 Å². The minimum Gasteiger partial charge on any atom is -0.481 e. The number of nitro benzene ring substituents is 1. The highest BCUT2D eigenvalue weighted by molar-refractivity contribution is 6.03. The first kappa shape index (κ1) is 23.6.